The lowest BCUT2D eigenvalue weighted by Gasteiger charge is -2.04. The van der Waals surface area contributed by atoms with E-state index in [9.17, 15) is 9.59 Å². The van der Waals surface area contributed by atoms with Gasteiger partial charge in [-0.3, -0.25) is 9.59 Å². The van der Waals surface area contributed by atoms with Gasteiger partial charge in [0.1, 0.15) is 0 Å². The van der Waals surface area contributed by atoms with Crippen LogP contribution in [0.15, 0.2) is 29.4 Å². The third-order valence-electron chi connectivity index (χ3n) is 2.42. The van der Waals surface area contributed by atoms with Gasteiger partial charge < -0.3 is 5.32 Å². The van der Waals surface area contributed by atoms with Gasteiger partial charge in [-0.15, -0.1) is 0 Å². The van der Waals surface area contributed by atoms with Crippen molar-refractivity contribution in [3.05, 3.63) is 35.4 Å². The van der Waals surface area contributed by atoms with Gasteiger partial charge >= 0.3 is 11.8 Å². The second kappa shape index (κ2) is 6.54. The average Bonchev–Trinajstić information content (AvgIpc) is 2.38. The lowest BCUT2D eigenvalue weighted by atomic mass is 10.0. The van der Waals surface area contributed by atoms with Crippen LogP contribution in [0, 0.1) is 0 Å². The highest BCUT2D eigenvalue weighted by Gasteiger charge is 2.08. The van der Waals surface area contributed by atoms with Gasteiger partial charge in [0.15, 0.2) is 0 Å². The largest absolute Gasteiger partial charge is 0.351 e. The summed E-state index contributed by atoms with van der Waals surface area (Å²) in [7, 11) is 1.39. The molecule has 2 N–H and O–H groups in total. The van der Waals surface area contributed by atoms with E-state index in [2.05, 4.69) is 29.7 Å². The first-order valence-electron chi connectivity index (χ1n) is 5.69. The van der Waals surface area contributed by atoms with Crippen molar-refractivity contribution in [2.75, 3.05) is 7.05 Å². The third kappa shape index (κ3) is 4.01. The van der Waals surface area contributed by atoms with Gasteiger partial charge in [0.25, 0.3) is 0 Å². The van der Waals surface area contributed by atoms with E-state index in [-0.39, 0.29) is 0 Å². The molecule has 0 aliphatic carbocycles. The average molecular weight is 247 g/mol. The molecule has 0 spiro atoms. The summed E-state index contributed by atoms with van der Waals surface area (Å²) >= 11 is 0. The van der Waals surface area contributed by atoms with E-state index in [1.165, 1.54) is 18.8 Å². The molecule has 18 heavy (non-hydrogen) atoms. The number of hydrazone groups is 1. The molecule has 0 aromatic heterocycles. The van der Waals surface area contributed by atoms with Gasteiger partial charge in [-0.2, -0.15) is 5.10 Å². The fraction of sp³-hybridized carbons (Fsp3) is 0.308. The SMILES string of the molecule is CNC(=O)C(=O)N/N=C/c1ccc(C(C)C)cc1. The zero-order chi connectivity index (χ0) is 13.5. The van der Waals surface area contributed by atoms with Crippen molar-refractivity contribution in [3.8, 4) is 0 Å². The number of likely N-dealkylation sites (N-methyl/N-ethyl adjacent to an activating group) is 1. The fourth-order valence-electron chi connectivity index (χ4n) is 1.30. The molecule has 0 heterocycles. The summed E-state index contributed by atoms with van der Waals surface area (Å²) in [6.45, 7) is 4.24. The zero-order valence-electron chi connectivity index (χ0n) is 10.7. The van der Waals surface area contributed by atoms with Crippen LogP contribution >= 0.6 is 0 Å². The summed E-state index contributed by atoms with van der Waals surface area (Å²) in [5.41, 5.74) is 4.23. The highest BCUT2D eigenvalue weighted by Crippen LogP contribution is 2.13. The molecule has 0 fully saturated rings. The maximum Gasteiger partial charge on any atom is 0.329 e. The summed E-state index contributed by atoms with van der Waals surface area (Å²) in [5.74, 6) is -1.03. The van der Waals surface area contributed by atoms with Crippen LogP contribution in [0.1, 0.15) is 30.9 Å². The van der Waals surface area contributed by atoms with Gasteiger partial charge in [0.2, 0.25) is 0 Å². The van der Waals surface area contributed by atoms with Crippen LogP contribution in [0.25, 0.3) is 0 Å². The van der Waals surface area contributed by atoms with Gasteiger partial charge in [0, 0.05) is 7.05 Å². The molecular weight excluding hydrogens is 230 g/mol. The topological polar surface area (TPSA) is 70.6 Å². The molecule has 0 aliphatic rings. The number of hydrogen-bond acceptors (Lipinski definition) is 3. The molecule has 1 aromatic carbocycles. The molecule has 0 aliphatic heterocycles. The summed E-state index contributed by atoms with van der Waals surface area (Å²) in [4.78, 5) is 21.9. The van der Waals surface area contributed by atoms with E-state index in [1.807, 2.05) is 24.3 Å². The fourth-order valence-corrected chi connectivity index (χ4v) is 1.30. The minimum absolute atomic E-state index is 0.476. The minimum atomic E-state index is -0.785. The lowest BCUT2D eigenvalue weighted by Crippen LogP contribution is -2.35. The molecule has 0 saturated heterocycles. The van der Waals surface area contributed by atoms with E-state index >= 15 is 0 Å². The maximum absolute atomic E-state index is 11.1. The molecule has 96 valence electrons. The standard InChI is InChI=1S/C13H17N3O2/c1-9(2)11-6-4-10(5-7-11)8-15-16-13(18)12(17)14-3/h4-9H,1-3H3,(H,14,17)(H,16,18)/b15-8+. The molecule has 1 rings (SSSR count). The Morgan fingerprint density at radius 2 is 1.78 bits per heavy atom. The van der Waals surface area contributed by atoms with E-state index in [0.29, 0.717) is 5.92 Å². The van der Waals surface area contributed by atoms with E-state index in [4.69, 9.17) is 0 Å². The van der Waals surface area contributed by atoms with Crippen molar-refractivity contribution in [1.29, 1.82) is 0 Å². The number of carbonyl (C=O) groups excluding carboxylic acids is 2. The lowest BCUT2D eigenvalue weighted by molar-refractivity contribution is -0.138. The van der Waals surface area contributed by atoms with E-state index in [0.717, 1.165) is 5.56 Å². The van der Waals surface area contributed by atoms with Crippen LogP contribution in [-0.2, 0) is 9.59 Å². The number of carbonyl (C=O) groups is 2. The Bertz CT molecular complexity index is 450. The third-order valence-corrected chi connectivity index (χ3v) is 2.42. The summed E-state index contributed by atoms with van der Waals surface area (Å²) in [5, 5.41) is 5.91. The van der Waals surface area contributed by atoms with Crippen LogP contribution in [0.2, 0.25) is 0 Å². The van der Waals surface area contributed by atoms with Crippen molar-refractivity contribution in [2.45, 2.75) is 19.8 Å². The summed E-state index contributed by atoms with van der Waals surface area (Å²) < 4.78 is 0. The number of rotatable bonds is 3. The molecule has 0 radical (unpaired) electrons. The van der Waals surface area contributed by atoms with Crippen LogP contribution < -0.4 is 10.7 Å². The predicted molar refractivity (Wildman–Crippen MR) is 70.3 cm³/mol. The first-order chi connectivity index (χ1) is 8.54. The second-order valence-corrected chi connectivity index (χ2v) is 4.10. The van der Waals surface area contributed by atoms with Crippen molar-refractivity contribution in [3.63, 3.8) is 0 Å². The van der Waals surface area contributed by atoms with Crippen LogP contribution in [0.4, 0.5) is 0 Å². The number of nitrogens with zero attached hydrogens (tertiary/aromatic N) is 1. The van der Waals surface area contributed by atoms with Gasteiger partial charge in [-0.05, 0) is 17.0 Å². The van der Waals surface area contributed by atoms with Crippen LogP contribution in [0.3, 0.4) is 0 Å². The van der Waals surface area contributed by atoms with E-state index in [1.54, 1.807) is 0 Å². The highest BCUT2D eigenvalue weighted by molar-refractivity contribution is 6.34. The van der Waals surface area contributed by atoms with Gasteiger partial charge in [-0.1, -0.05) is 38.1 Å². The molecular formula is C13H17N3O2. The Labute approximate surface area is 106 Å². The van der Waals surface area contributed by atoms with Crippen molar-refractivity contribution >= 4 is 18.0 Å². The first kappa shape index (κ1) is 13.9. The Kier molecular flexibility index (Phi) is 5.05. The molecule has 1 aromatic rings. The number of hydrogen-bond donors (Lipinski definition) is 2. The minimum Gasteiger partial charge on any atom is -0.351 e. The quantitative estimate of drug-likeness (QED) is 0.475. The molecule has 0 atom stereocenters. The Morgan fingerprint density at radius 1 is 1.17 bits per heavy atom. The highest BCUT2D eigenvalue weighted by atomic mass is 16.2. The maximum atomic E-state index is 11.1. The normalized spacial score (nSPS) is 10.7. The van der Waals surface area contributed by atoms with Crippen molar-refractivity contribution in [1.82, 2.24) is 10.7 Å². The molecule has 0 saturated carbocycles. The Morgan fingerprint density at radius 3 is 2.28 bits per heavy atom. The number of benzene rings is 1. The predicted octanol–water partition coefficient (Wildman–Crippen LogP) is 1.01. The smallest absolute Gasteiger partial charge is 0.329 e. The van der Waals surface area contributed by atoms with Crippen LogP contribution in [0.5, 0.6) is 0 Å². The Hall–Kier alpha value is -2.17. The van der Waals surface area contributed by atoms with Crippen LogP contribution in [-0.4, -0.2) is 25.1 Å². The monoisotopic (exact) mass is 247 g/mol. The summed E-state index contributed by atoms with van der Waals surface area (Å²) in [6.07, 6.45) is 1.49. The first-order valence-corrected chi connectivity index (χ1v) is 5.69. The second-order valence-electron chi connectivity index (χ2n) is 4.10. The molecule has 2 amide bonds. The zero-order valence-corrected chi connectivity index (χ0v) is 10.7. The summed E-state index contributed by atoms with van der Waals surface area (Å²) in [6, 6.07) is 7.83. The Balaban J connectivity index is 2.57. The van der Waals surface area contributed by atoms with E-state index < -0.39 is 11.8 Å². The van der Waals surface area contributed by atoms with Crippen molar-refractivity contribution in [2.24, 2.45) is 5.10 Å². The van der Waals surface area contributed by atoms with Gasteiger partial charge in [0.05, 0.1) is 6.21 Å². The number of nitrogens with one attached hydrogen (secondary N) is 2. The molecule has 0 unspecified atom stereocenters. The number of amides is 2. The molecule has 0 bridgehead atoms. The van der Waals surface area contributed by atoms with Gasteiger partial charge in [-0.25, -0.2) is 5.43 Å². The molecule has 5 heteroatoms. The van der Waals surface area contributed by atoms with Crippen molar-refractivity contribution < 1.29 is 9.59 Å². The molecule has 5 nitrogen and oxygen atoms in total.